The molecule has 0 aliphatic heterocycles. The number of hydrogen-bond acceptors (Lipinski definition) is 5. The SMILES string of the molecule is C=C(/C(C=NC)=C/C)c1nc(C)ccc1NC.CCCOCCOCCC. The molecule has 0 aliphatic carbocycles. The topological polar surface area (TPSA) is 55.7 Å². The van der Waals surface area contributed by atoms with E-state index in [1.165, 1.54) is 0 Å². The Balaban J connectivity index is 0.000000580. The molecule has 0 radical (unpaired) electrons. The van der Waals surface area contributed by atoms with Crippen molar-refractivity contribution in [2.75, 3.05) is 45.8 Å². The fourth-order valence-electron chi connectivity index (χ4n) is 2.20. The van der Waals surface area contributed by atoms with Crippen LogP contribution >= 0.6 is 0 Å². The molecule has 1 aromatic rings. The molecule has 0 aromatic carbocycles. The maximum absolute atomic E-state index is 5.20. The first-order chi connectivity index (χ1) is 13.0. The molecule has 0 saturated carbocycles. The highest BCUT2D eigenvalue weighted by molar-refractivity contribution is 6.01. The molecule has 1 heterocycles. The third-order valence-electron chi connectivity index (χ3n) is 3.59. The molecule has 1 aromatic heterocycles. The van der Waals surface area contributed by atoms with E-state index in [0.717, 1.165) is 67.5 Å². The number of hydrogen-bond donors (Lipinski definition) is 1. The minimum atomic E-state index is 0.744. The van der Waals surface area contributed by atoms with E-state index in [1.807, 2.05) is 39.1 Å². The molecule has 0 aliphatic rings. The van der Waals surface area contributed by atoms with Gasteiger partial charge < -0.3 is 14.8 Å². The lowest BCUT2D eigenvalue weighted by molar-refractivity contribution is 0.0483. The van der Waals surface area contributed by atoms with Crippen LogP contribution in [0.15, 0.2) is 35.4 Å². The van der Waals surface area contributed by atoms with E-state index >= 15 is 0 Å². The number of nitrogens with one attached hydrogen (secondary N) is 1. The molecule has 27 heavy (non-hydrogen) atoms. The lowest BCUT2D eigenvalue weighted by Gasteiger charge is -2.12. The van der Waals surface area contributed by atoms with E-state index in [2.05, 4.69) is 35.7 Å². The summed E-state index contributed by atoms with van der Waals surface area (Å²) in [5.74, 6) is 0. The second kappa shape index (κ2) is 16.2. The Labute approximate surface area is 165 Å². The summed E-state index contributed by atoms with van der Waals surface area (Å²) in [4.78, 5) is 8.56. The lowest BCUT2D eigenvalue weighted by atomic mass is 10.0. The van der Waals surface area contributed by atoms with Crippen molar-refractivity contribution in [3.8, 4) is 0 Å². The Bertz CT molecular complexity index is 587. The minimum Gasteiger partial charge on any atom is -0.386 e. The van der Waals surface area contributed by atoms with Gasteiger partial charge in [0.2, 0.25) is 0 Å². The van der Waals surface area contributed by atoms with Crippen LogP contribution in [0.3, 0.4) is 0 Å². The summed E-state index contributed by atoms with van der Waals surface area (Å²) in [5, 5.41) is 3.13. The van der Waals surface area contributed by atoms with Crippen LogP contribution in [0.1, 0.15) is 45.0 Å². The molecule has 5 heteroatoms. The highest BCUT2D eigenvalue weighted by Crippen LogP contribution is 2.25. The van der Waals surface area contributed by atoms with E-state index in [9.17, 15) is 0 Å². The van der Waals surface area contributed by atoms with E-state index in [0.29, 0.717) is 0 Å². The summed E-state index contributed by atoms with van der Waals surface area (Å²) in [6.45, 7) is 15.5. The van der Waals surface area contributed by atoms with Gasteiger partial charge in [-0.15, -0.1) is 0 Å². The first kappa shape index (κ1) is 25.0. The number of anilines is 1. The Kier molecular flexibility index (Phi) is 15.0. The average molecular weight is 376 g/mol. The second-order valence-electron chi connectivity index (χ2n) is 5.93. The zero-order chi connectivity index (χ0) is 20.5. The highest BCUT2D eigenvalue weighted by Gasteiger charge is 2.09. The second-order valence-corrected chi connectivity index (χ2v) is 5.93. The van der Waals surface area contributed by atoms with Gasteiger partial charge in [0.1, 0.15) is 0 Å². The highest BCUT2D eigenvalue weighted by atomic mass is 16.5. The Morgan fingerprint density at radius 3 is 2.19 bits per heavy atom. The first-order valence-corrected chi connectivity index (χ1v) is 9.64. The summed E-state index contributed by atoms with van der Waals surface area (Å²) in [6, 6.07) is 3.99. The molecule has 152 valence electrons. The fourth-order valence-corrected chi connectivity index (χ4v) is 2.20. The number of pyridine rings is 1. The van der Waals surface area contributed by atoms with Crippen LogP contribution in [0.4, 0.5) is 5.69 Å². The van der Waals surface area contributed by atoms with Gasteiger partial charge in [0, 0.05) is 44.8 Å². The van der Waals surface area contributed by atoms with Crippen LogP contribution in [0.2, 0.25) is 0 Å². The number of aromatic nitrogens is 1. The third-order valence-corrected chi connectivity index (χ3v) is 3.59. The zero-order valence-electron chi connectivity index (χ0n) is 18.0. The Morgan fingerprint density at radius 2 is 1.74 bits per heavy atom. The van der Waals surface area contributed by atoms with E-state index in [-0.39, 0.29) is 0 Å². The standard InChI is InChI=1S/C14H19N3.C8H18O2/c1-6-12(9-15-4)11(3)14-13(16-5)8-7-10(2)17-14;1-3-5-9-7-8-10-6-4-2/h6-9,16H,3H2,1-2,4-5H3;3-8H2,1-2H3/b12-6+,15-9?;. The third kappa shape index (κ3) is 10.7. The van der Waals surface area contributed by atoms with Crippen LogP contribution in [0.5, 0.6) is 0 Å². The van der Waals surface area contributed by atoms with Gasteiger partial charge in [0.05, 0.1) is 24.6 Å². The summed E-state index contributed by atoms with van der Waals surface area (Å²) >= 11 is 0. The summed E-state index contributed by atoms with van der Waals surface area (Å²) < 4.78 is 10.4. The van der Waals surface area contributed by atoms with Gasteiger partial charge >= 0.3 is 0 Å². The molecule has 1 rings (SSSR count). The lowest BCUT2D eigenvalue weighted by Crippen LogP contribution is -2.04. The minimum absolute atomic E-state index is 0.744. The molecule has 0 bridgehead atoms. The van der Waals surface area contributed by atoms with Crippen LogP contribution in [0, 0.1) is 6.92 Å². The summed E-state index contributed by atoms with van der Waals surface area (Å²) in [6.07, 6.45) is 5.96. The van der Waals surface area contributed by atoms with Gasteiger partial charge in [-0.2, -0.15) is 0 Å². The Morgan fingerprint density at radius 1 is 1.15 bits per heavy atom. The van der Waals surface area contributed by atoms with Crippen LogP contribution in [-0.2, 0) is 9.47 Å². The average Bonchev–Trinajstić information content (AvgIpc) is 2.68. The number of allylic oxidation sites excluding steroid dienone is 3. The van der Waals surface area contributed by atoms with Gasteiger partial charge in [0.25, 0.3) is 0 Å². The van der Waals surface area contributed by atoms with Crippen molar-refractivity contribution < 1.29 is 9.47 Å². The predicted octanol–water partition coefficient (Wildman–Crippen LogP) is 4.93. The summed E-state index contributed by atoms with van der Waals surface area (Å²) in [5.41, 5.74) is 4.70. The van der Waals surface area contributed by atoms with Crippen molar-refractivity contribution in [3.05, 3.63) is 41.7 Å². The van der Waals surface area contributed by atoms with Crippen molar-refractivity contribution in [2.24, 2.45) is 4.99 Å². The van der Waals surface area contributed by atoms with E-state index in [4.69, 9.17) is 9.47 Å². The van der Waals surface area contributed by atoms with Crippen molar-refractivity contribution >= 4 is 17.5 Å². The molecule has 0 unspecified atom stereocenters. The van der Waals surface area contributed by atoms with Crippen molar-refractivity contribution in [3.63, 3.8) is 0 Å². The van der Waals surface area contributed by atoms with E-state index < -0.39 is 0 Å². The molecule has 0 atom stereocenters. The molecular weight excluding hydrogens is 338 g/mol. The number of aliphatic imine (C=N–C) groups is 1. The monoisotopic (exact) mass is 375 g/mol. The molecule has 0 saturated heterocycles. The van der Waals surface area contributed by atoms with Crippen LogP contribution < -0.4 is 5.32 Å². The number of rotatable bonds is 11. The van der Waals surface area contributed by atoms with Crippen LogP contribution in [-0.4, -0.2) is 51.7 Å². The van der Waals surface area contributed by atoms with Crippen molar-refractivity contribution in [1.29, 1.82) is 0 Å². The smallest absolute Gasteiger partial charge is 0.0936 e. The van der Waals surface area contributed by atoms with Crippen molar-refractivity contribution in [2.45, 2.75) is 40.5 Å². The molecule has 0 fully saturated rings. The quantitative estimate of drug-likeness (QED) is 0.338. The number of nitrogens with zero attached hydrogens (tertiary/aromatic N) is 2. The van der Waals surface area contributed by atoms with E-state index in [1.54, 1.807) is 13.3 Å². The molecule has 0 amide bonds. The number of ether oxygens (including phenoxy) is 2. The maximum atomic E-state index is 5.20. The van der Waals surface area contributed by atoms with Gasteiger partial charge in [0.15, 0.2) is 0 Å². The van der Waals surface area contributed by atoms with Gasteiger partial charge in [-0.1, -0.05) is 26.5 Å². The summed E-state index contributed by atoms with van der Waals surface area (Å²) in [7, 11) is 3.63. The molecule has 5 nitrogen and oxygen atoms in total. The molecular formula is C22H37N3O2. The fraction of sp³-hybridized carbons (Fsp3) is 0.545. The van der Waals surface area contributed by atoms with Crippen LogP contribution in [0.25, 0.3) is 5.57 Å². The molecule has 0 spiro atoms. The van der Waals surface area contributed by atoms with Crippen molar-refractivity contribution in [1.82, 2.24) is 4.98 Å². The normalized spacial score (nSPS) is 11.3. The zero-order valence-corrected chi connectivity index (χ0v) is 18.0. The maximum Gasteiger partial charge on any atom is 0.0936 e. The predicted molar refractivity (Wildman–Crippen MR) is 118 cm³/mol. The largest absolute Gasteiger partial charge is 0.386 e. The van der Waals surface area contributed by atoms with Gasteiger partial charge in [-0.25, -0.2) is 0 Å². The van der Waals surface area contributed by atoms with Gasteiger partial charge in [-0.3, -0.25) is 9.98 Å². The molecule has 1 N–H and O–H groups in total. The Hall–Kier alpha value is -1.98. The first-order valence-electron chi connectivity index (χ1n) is 9.64. The number of aryl methyl sites for hydroxylation is 1. The van der Waals surface area contributed by atoms with Gasteiger partial charge in [-0.05, 0) is 44.4 Å².